The molecule has 2 aromatic rings. The Bertz CT molecular complexity index is 977. The highest BCUT2D eigenvalue weighted by atomic mass is 35.5. The maximum Gasteiger partial charge on any atom is 0.240 e. The monoisotopic (exact) mass is 426 g/mol. The normalized spacial score (nSPS) is 13.7. The van der Waals surface area contributed by atoms with Crippen LogP contribution in [-0.4, -0.2) is 27.9 Å². The first kappa shape index (κ1) is 20.1. The minimum absolute atomic E-state index is 0.0398. The number of benzene rings is 2. The number of hydrogen-bond acceptors (Lipinski definition) is 3. The van der Waals surface area contributed by atoms with Crippen molar-refractivity contribution in [3.63, 3.8) is 0 Å². The number of nitrogens with zero attached hydrogens (tertiary/aromatic N) is 1. The van der Waals surface area contributed by atoms with Crippen molar-refractivity contribution in [2.45, 2.75) is 30.6 Å². The lowest BCUT2D eigenvalue weighted by atomic mass is 10.1. The van der Waals surface area contributed by atoms with Gasteiger partial charge >= 0.3 is 0 Å². The predicted molar refractivity (Wildman–Crippen MR) is 108 cm³/mol. The molecule has 0 saturated heterocycles. The summed E-state index contributed by atoms with van der Waals surface area (Å²) in [5.74, 6) is 0.0398. The molecule has 1 N–H and O–H groups in total. The van der Waals surface area contributed by atoms with Gasteiger partial charge in [0.1, 0.15) is 0 Å². The van der Waals surface area contributed by atoms with Gasteiger partial charge in [-0.15, -0.1) is 0 Å². The number of hydrogen-bond donors (Lipinski definition) is 1. The van der Waals surface area contributed by atoms with Gasteiger partial charge in [0.05, 0.1) is 14.9 Å². The third-order valence-corrected chi connectivity index (χ3v) is 6.82. The van der Waals surface area contributed by atoms with E-state index < -0.39 is 10.0 Å². The van der Waals surface area contributed by atoms with Gasteiger partial charge in [-0.3, -0.25) is 4.79 Å². The number of anilines is 1. The molecule has 1 aliphatic heterocycles. The third-order valence-electron chi connectivity index (χ3n) is 4.67. The molecule has 0 aliphatic carbocycles. The van der Waals surface area contributed by atoms with Crippen LogP contribution in [0.25, 0.3) is 0 Å². The Kier molecular flexibility index (Phi) is 6.11. The molecule has 0 unspecified atom stereocenters. The van der Waals surface area contributed by atoms with Crippen molar-refractivity contribution in [2.75, 3.05) is 18.5 Å². The first-order valence-electron chi connectivity index (χ1n) is 8.62. The number of halogens is 2. The number of carbonyl (C=O) groups excluding carboxylic acids is 1. The van der Waals surface area contributed by atoms with Crippen molar-refractivity contribution < 1.29 is 13.2 Å². The van der Waals surface area contributed by atoms with Gasteiger partial charge in [-0.25, -0.2) is 13.1 Å². The van der Waals surface area contributed by atoms with Gasteiger partial charge in [0.15, 0.2) is 0 Å². The van der Waals surface area contributed by atoms with E-state index in [9.17, 15) is 13.2 Å². The Hall–Kier alpha value is -1.60. The van der Waals surface area contributed by atoms with E-state index in [0.29, 0.717) is 35.9 Å². The Morgan fingerprint density at radius 1 is 1.15 bits per heavy atom. The molecule has 0 bridgehead atoms. The Balaban J connectivity index is 1.63. The molecule has 144 valence electrons. The van der Waals surface area contributed by atoms with Crippen LogP contribution in [0.15, 0.2) is 41.3 Å². The average Bonchev–Trinajstić information content (AvgIpc) is 3.08. The zero-order chi connectivity index (χ0) is 19.6. The minimum Gasteiger partial charge on any atom is -0.312 e. The van der Waals surface area contributed by atoms with E-state index in [1.807, 2.05) is 12.1 Å². The molecule has 0 spiro atoms. The molecule has 8 heteroatoms. The highest BCUT2D eigenvalue weighted by molar-refractivity contribution is 7.89. The summed E-state index contributed by atoms with van der Waals surface area (Å²) in [6.07, 6.45) is 2.51. The molecular weight excluding hydrogens is 407 g/mol. The maximum absolute atomic E-state index is 12.6. The van der Waals surface area contributed by atoms with Crippen LogP contribution in [0.1, 0.15) is 24.0 Å². The van der Waals surface area contributed by atoms with Crippen LogP contribution in [0.3, 0.4) is 0 Å². The highest BCUT2D eigenvalue weighted by Gasteiger charge is 2.26. The van der Waals surface area contributed by atoms with Crippen molar-refractivity contribution in [1.82, 2.24) is 4.72 Å². The molecule has 1 aliphatic rings. The molecular formula is C19H20Cl2N2O3S. The van der Waals surface area contributed by atoms with E-state index in [1.54, 1.807) is 23.1 Å². The van der Waals surface area contributed by atoms with Crippen LogP contribution < -0.4 is 9.62 Å². The van der Waals surface area contributed by atoms with Gasteiger partial charge in [0.25, 0.3) is 0 Å². The number of rotatable bonds is 6. The number of fused-ring (bicyclic) bond motifs is 1. The largest absolute Gasteiger partial charge is 0.312 e. The van der Waals surface area contributed by atoms with Crippen LogP contribution >= 0.6 is 23.2 Å². The molecule has 2 aromatic carbocycles. The lowest BCUT2D eigenvalue weighted by molar-refractivity contribution is -0.118. The molecule has 5 nitrogen and oxygen atoms in total. The Labute approximate surface area is 169 Å². The van der Waals surface area contributed by atoms with Gasteiger partial charge in [0.2, 0.25) is 15.9 Å². The summed E-state index contributed by atoms with van der Waals surface area (Å²) in [4.78, 5) is 14.6. The van der Waals surface area contributed by atoms with Crippen LogP contribution in [0.5, 0.6) is 0 Å². The number of amides is 1. The van der Waals surface area contributed by atoms with Gasteiger partial charge < -0.3 is 4.90 Å². The molecule has 3 rings (SSSR count). The van der Waals surface area contributed by atoms with Gasteiger partial charge in [-0.1, -0.05) is 29.3 Å². The number of aryl methyl sites for hydroxylation is 1. The molecule has 0 saturated carbocycles. The summed E-state index contributed by atoms with van der Waals surface area (Å²) in [7, 11) is -2.10. The fraction of sp³-hybridized carbons (Fsp3) is 0.316. The summed E-state index contributed by atoms with van der Waals surface area (Å²) in [5.41, 5.74) is 2.72. The van der Waals surface area contributed by atoms with E-state index in [2.05, 4.69) is 4.72 Å². The van der Waals surface area contributed by atoms with Crippen molar-refractivity contribution >= 4 is 44.8 Å². The Morgan fingerprint density at radius 3 is 2.63 bits per heavy atom. The summed E-state index contributed by atoms with van der Waals surface area (Å²) in [5, 5.41) is 1.03. The summed E-state index contributed by atoms with van der Waals surface area (Å²) in [6, 6.07) is 10.4. The van der Waals surface area contributed by atoms with Gasteiger partial charge in [0, 0.05) is 18.7 Å². The molecule has 1 amide bonds. The van der Waals surface area contributed by atoms with E-state index in [1.165, 1.54) is 13.1 Å². The first-order chi connectivity index (χ1) is 12.8. The maximum atomic E-state index is 12.6. The minimum atomic E-state index is -3.48. The SMILES string of the molecule is CNS(=O)(=O)c1ccc2c(c1)CCN2C(=O)CCCc1ccc(Cl)c(Cl)c1. The lowest BCUT2D eigenvalue weighted by Crippen LogP contribution is -2.28. The third kappa shape index (κ3) is 4.46. The standard InChI is InChI=1S/C19H20Cl2N2O3S/c1-22-27(25,26)15-6-8-18-14(12-15)9-10-23(18)19(24)4-2-3-13-5-7-16(20)17(21)11-13/h5-8,11-12,22H,2-4,9-10H2,1H3. The molecule has 27 heavy (non-hydrogen) atoms. The zero-order valence-electron chi connectivity index (χ0n) is 14.8. The predicted octanol–water partition coefficient (Wildman–Crippen LogP) is 3.81. The smallest absolute Gasteiger partial charge is 0.240 e. The second kappa shape index (κ2) is 8.19. The van der Waals surface area contributed by atoms with Crippen molar-refractivity contribution in [2.24, 2.45) is 0 Å². The van der Waals surface area contributed by atoms with Crippen LogP contribution in [0.2, 0.25) is 10.0 Å². The number of sulfonamides is 1. The second-order valence-electron chi connectivity index (χ2n) is 6.40. The topological polar surface area (TPSA) is 66.5 Å². The fourth-order valence-electron chi connectivity index (χ4n) is 3.20. The van der Waals surface area contributed by atoms with E-state index in [4.69, 9.17) is 23.2 Å². The summed E-state index contributed by atoms with van der Waals surface area (Å²) < 4.78 is 26.2. The van der Waals surface area contributed by atoms with Crippen molar-refractivity contribution in [1.29, 1.82) is 0 Å². The summed E-state index contributed by atoms with van der Waals surface area (Å²) >= 11 is 11.9. The van der Waals surface area contributed by atoms with E-state index in [0.717, 1.165) is 23.2 Å². The van der Waals surface area contributed by atoms with Gasteiger partial charge in [-0.2, -0.15) is 0 Å². The number of carbonyl (C=O) groups is 1. The van der Waals surface area contributed by atoms with Crippen LogP contribution in [-0.2, 0) is 27.7 Å². The average molecular weight is 427 g/mol. The number of nitrogens with one attached hydrogen (secondary N) is 1. The quantitative estimate of drug-likeness (QED) is 0.763. The Morgan fingerprint density at radius 2 is 1.93 bits per heavy atom. The first-order valence-corrected chi connectivity index (χ1v) is 10.9. The van der Waals surface area contributed by atoms with Crippen LogP contribution in [0, 0.1) is 0 Å². The van der Waals surface area contributed by atoms with E-state index >= 15 is 0 Å². The zero-order valence-corrected chi connectivity index (χ0v) is 17.2. The second-order valence-corrected chi connectivity index (χ2v) is 9.10. The van der Waals surface area contributed by atoms with Crippen molar-refractivity contribution in [3.8, 4) is 0 Å². The van der Waals surface area contributed by atoms with Gasteiger partial charge in [-0.05, 0) is 67.8 Å². The van der Waals surface area contributed by atoms with Crippen LogP contribution in [0.4, 0.5) is 5.69 Å². The van der Waals surface area contributed by atoms with E-state index in [-0.39, 0.29) is 10.8 Å². The molecule has 0 fully saturated rings. The fourth-order valence-corrected chi connectivity index (χ4v) is 4.30. The highest BCUT2D eigenvalue weighted by Crippen LogP contribution is 2.31. The molecule has 0 radical (unpaired) electrons. The molecule has 1 heterocycles. The van der Waals surface area contributed by atoms with Crippen molar-refractivity contribution in [3.05, 3.63) is 57.6 Å². The summed E-state index contributed by atoms with van der Waals surface area (Å²) in [6.45, 7) is 0.573. The molecule has 0 atom stereocenters. The lowest BCUT2D eigenvalue weighted by Gasteiger charge is -2.17. The molecule has 0 aromatic heterocycles.